The van der Waals surface area contributed by atoms with E-state index in [1.54, 1.807) is 16.7 Å². The van der Waals surface area contributed by atoms with Crippen molar-refractivity contribution >= 4 is 43.1 Å². The second kappa shape index (κ2) is 8.47. The number of fused-ring (bicyclic) bond motifs is 1. The summed E-state index contributed by atoms with van der Waals surface area (Å²) in [5.41, 5.74) is 0.000974. The number of amides is 1. The third kappa shape index (κ3) is 4.38. The zero-order chi connectivity index (χ0) is 23.2. The molecule has 1 saturated heterocycles. The number of morpholine rings is 1. The number of rotatable bonds is 4. The standard InChI is InChI=1S/C19H15Cl2F2N3O5S/c20-10-1-2-26-15(6-11-9-25(19(27)28)3-4-31-11)18(24-16(26)5-10)17-13(22)7-12(8-14(17)23)32(21,29)30/h1-2,5,7-8,11H,3-4,6,9H2,(H,27,28)/t11-/m0/s1. The summed E-state index contributed by atoms with van der Waals surface area (Å²) in [5.74, 6) is -2.34. The monoisotopic (exact) mass is 505 g/mol. The zero-order valence-electron chi connectivity index (χ0n) is 16.1. The van der Waals surface area contributed by atoms with E-state index >= 15 is 0 Å². The van der Waals surface area contributed by atoms with Crippen LogP contribution in [-0.4, -0.2) is 59.7 Å². The van der Waals surface area contributed by atoms with Crippen LogP contribution in [0.25, 0.3) is 16.9 Å². The molecule has 1 aliphatic heterocycles. The maximum absolute atomic E-state index is 14.9. The molecule has 3 aromatic rings. The molecule has 1 amide bonds. The van der Waals surface area contributed by atoms with E-state index in [1.165, 1.54) is 11.0 Å². The highest BCUT2D eigenvalue weighted by atomic mass is 35.7. The largest absolute Gasteiger partial charge is 0.465 e. The SMILES string of the molecule is O=C(O)N1CCO[C@@H](Cc2c(-c3c(F)cc(S(=O)(=O)Cl)cc3F)nc3cc(Cl)ccn23)C1. The summed E-state index contributed by atoms with van der Waals surface area (Å²) in [6.45, 7) is 0.433. The molecule has 8 nitrogen and oxygen atoms in total. The number of carboxylic acid groups (broad SMARTS) is 1. The van der Waals surface area contributed by atoms with Crippen molar-refractivity contribution in [3.8, 4) is 11.3 Å². The summed E-state index contributed by atoms with van der Waals surface area (Å²) in [7, 11) is 0.861. The van der Waals surface area contributed by atoms with Gasteiger partial charge in [-0.05, 0) is 18.2 Å². The van der Waals surface area contributed by atoms with Gasteiger partial charge < -0.3 is 19.1 Å². The van der Waals surface area contributed by atoms with Crippen LogP contribution < -0.4 is 0 Å². The van der Waals surface area contributed by atoms with E-state index in [-0.39, 0.29) is 31.8 Å². The zero-order valence-corrected chi connectivity index (χ0v) is 18.5. The van der Waals surface area contributed by atoms with Crippen molar-refractivity contribution in [1.82, 2.24) is 14.3 Å². The lowest BCUT2D eigenvalue weighted by atomic mass is 10.0. The van der Waals surface area contributed by atoms with Gasteiger partial charge in [0.2, 0.25) is 0 Å². The molecule has 0 bridgehead atoms. The summed E-state index contributed by atoms with van der Waals surface area (Å²) >= 11 is 6.03. The second-order valence-electron chi connectivity index (χ2n) is 7.11. The highest BCUT2D eigenvalue weighted by Gasteiger charge is 2.29. The topological polar surface area (TPSA) is 101 Å². The number of aromatic nitrogens is 2. The molecule has 0 saturated carbocycles. The van der Waals surface area contributed by atoms with Crippen molar-refractivity contribution in [2.45, 2.75) is 17.4 Å². The minimum Gasteiger partial charge on any atom is -0.465 e. The fraction of sp³-hybridized carbons (Fsp3) is 0.263. The van der Waals surface area contributed by atoms with Gasteiger partial charge in [-0.15, -0.1) is 0 Å². The molecule has 0 aliphatic carbocycles. The molecule has 0 spiro atoms. The van der Waals surface area contributed by atoms with Crippen molar-refractivity contribution in [2.75, 3.05) is 19.7 Å². The number of nitrogens with zero attached hydrogens (tertiary/aromatic N) is 3. The maximum Gasteiger partial charge on any atom is 0.407 e. The van der Waals surface area contributed by atoms with Crippen molar-refractivity contribution in [2.24, 2.45) is 0 Å². The van der Waals surface area contributed by atoms with Crippen molar-refractivity contribution in [1.29, 1.82) is 0 Å². The van der Waals surface area contributed by atoms with Crippen molar-refractivity contribution in [3.05, 3.63) is 52.8 Å². The molecular weight excluding hydrogens is 491 g/mol. The first-order valence-corrected chi connectivity index (χ1v) is 11.9. The Morgan fingerprint density at radius 3 is 2.59 bits per heavy atom. The highest BCUT2D eigenvalue weighted by Crippen LogP contribution is 2.33. The highest BCUT2D eigenvalue weighted by molar-refractivity contribution is 8.13. The number of carbonyl (C=O) groups is 1. The summed E-state index contributed by atoms with van der Waals surface area (Å²) in [6.07, 6.45) is -0.0494. The molecule has 2 aromatic heterocycles. The predicted octanol–water partition coefficient (Wildman–Crippen LogP) is 3.78. The van der Waals surface area contributed by atoms with Crippen LogP contribution in [0.4, 0.5) is 13.6 Å². The van der Waals surface area contributed by atoms with Gasteiger partial charge in [0, 0.05) is 40.9 Å². The molecule has 1 aliphatic rings. The van der Waals surface area contributed by atoms with Crippen LogP contribution in [0, 0.1) is 11.6 Å². The normalized spacial score (nSPS) is 17.1. The van der Waals surface area contributed by atoms with Gasteiger partial charge in [0.25, 0.3) is 9.05 Å². The van der Waals surface area contributed by atoms with Crippen LogP contribution in [0.1, 0.15) is 5.69 Å². The second-order valence-corrected chi connectivity index (χ2v) is 10.1. The molecule has 0 radical (unpaired) electrons. The van der Waals surface area contributed by atoms with Crippen LogP contribution in [0.5, 0.6) is 0 Å². The van der Waals surface area contributed by atoms with E-state index in [4.69, 9.17) is 27.0 Å². The smallest absolute Gasteiger partial charge is 0.407 e. The Morgan fingerprint density at radius 1 is 1.28 bits per heavy atom. The van der Waals surface area contributed by atoms with Crippen LogP contribution in [0.3, 0.4) is 0 Å². The van der Waals surface area contributed by atoms with Gasteiger partial charge in [0.1, 0.15) is 17.3 Å². The first-order chi connectivity index (χ1) is 15.0. The first-order valence-electron chi connectivity index (χ1n) is 9.24. The Morgan fingerprint density at radius 2 is 1.97 bits per heavy atom. The van der Waals surface area contributed by atoms with E-state index < -0.39 is 43.3 Å². The van der Waals surface area contributed by atoms with Crippen molar-refractivity contribution < 1.29 is 31.8 Å². The Bertz CT molecular complexity index is 1310. The Hall–Kier alpha value is -2.47. The van der Waals surface area contributed by atoms with E-state index in [1.807, 2.05) is 0 Å². The number of hydrogen-bond acceptors (Lipinski definition) is 5. The molecule has 1 atom stereocenters. The minimum absolute atomic E-state index is 0.0595. The molecule has 13 heteroatoms. The summed E-state index contributed by atoms with van der Waals surface area (Å²) in [5, 5.41) is 9.60. The molecular formula is C19H15Cl2F2N3O5S. The summed E-state index contributed by atoms with van der Waals surface area (Å²) in [6, 6.07) is 4.29. The third-order valence-corrected chi connectivity index (χ3v) is 6.62. The maximum atomic E-state index is 14.9. The van der Waals surface area contributed by atoms with E-state index in [9.17, 15) is 27.1 Å². The molecule has 1 fully saturated rings. The van der Waals surface area contributed by atoms with Crippen LogP contribution in [0.2, 0.25) is 5.02 Å². The summed E-state index contributed by atoms with van der Waals surface area (Å²) < 4.78 is 60.1. The number of benzene rings is 1. The molecule has 1 N–H and O–H groups in total. The van der Waals surface area contributed by atoms with E-state index in [2.05, 4.69) is 4.98 Å². The first kappa shape index (κ1) is 22.7. The molecule has 1 aromatic carbocycles. The third-order valence-electron chi connectivity index (χ3n) is 5.05. The van der Waals surface area contributed by atoms with Crippen LogP contribution in [0.15, 0.2) is 35.4 Å². The lowest BCUT2D eigenvalue weighted by Gasteiger charge is -2.31. The number of ether oxygens (including phenoxy) is 1. The van der Waals surface area contributed by atoms with Crippen molar-refractivity contribution in [3.63, 3.8) is 0 Å². The van der Waals surface area contributed by atoms with Gasteiger partial charge in [0.15, 0.2) is 0 Å². The van der Waals surface area contributed by atoms with Gasteiger partial charge in [-0.3, -0.25) is 0 Å². The number of halogens is 4. The molecule has 4 rings (SSSR count). The van der Waals surface area contributed by atoms with Gasteiger partial charge in [-0.1, -0.05) is 11.6 Å². The van der Waals surface area contributed by atoms with E-state index in [0.717, 1.165) is 0 Å². The predicted molar refractivity (Wildman–Crippen MR) is 112 cm³/mol. The molecule has 32 heavy (non-hydrogen) atoms. The Labute approximate surface area is 190 Å². The van der Waals surface area contributed by atoms with Crippen LogP contribution >= 0.6 is 22.3 Å². The molecule has 0 unspecified atom stereocenters. The van der Waals surface area contributed by atoms with Gasteiger partial charge in [-0.2, -0.15) is 0 Å². The summed E-state index contributed by atoms with van der Waals surface area (Å²) in [4.78, 5) is 16.1. The fourth-order valence-corrected chi connectivity index (χ4v) is 4.52. The number of imidazole rings is 1. The number of pyridine rings is 1. The quantitative estimate of drug-likeness (QED) is 0.541. The minimum atomic E-state index is -4.36. The lowest BCUT2D eigenvalue weighted by Crippen LogP contribution is -2.45. The molecule has 170 valence electrons. The Balaban J connectivity index is 1.85. The molecule has 3 heterocycles. The average Bonchev–Trinajstić information content (AvgIpc) is 3.04. The van der Waals surface area contributed by atoms with Gasteiger partial charge in [0.05, 0.1) is 41.1 Å². The van der Waals surface area contributed by atoms with Crippen LogP contribution in [-0.2, 0) is 20.2 Å². The fourth-order valence-electron chi connectivity index (χ4n) is 3.61. The number of hydrogen-bond donors (Lipinski definition) is 1. The van der Waals surface area contributed by atoms with Gasteiger partial charge in [-0.25, -0.2) is 27.0 Å². The van der Waals surface area contributed by atoms with Gasteiger partial charge >= 0.3 is 6.09 Å². The average molecular weight is 506 g/mol. The lowest BCUT2D eigenvalue weighted by molar-refractivity contribution is -0.0214. The Kier molecular flexibility index (Phi) is 6.01. The van der Waals surface area contributed by atoms with E-state index in [0.29, 0.717) is 28.5 Å².